The van der Waals surface area contributed by atoms with Gasteiger partial charge in [-0.05, 0) is 0 Å². The molecule has 0 rings (SSSR count). The van der Waals surface area contributed by atoms with Crippen LogP contribution in [0.4, 0.5) is 4.79 Å². The van der Waals surface area contributed by atoms with Crippen LogP contribution in [0, 0.1) is 0 Å². The Kier molecular flexibility index (Phi) is 5.75. The van der Waals surface area contributed by atoms with E-state index in [0.717, 1.165) is 0 Å². The number of hydrogen-bond donors (Lipinski definition) is 3. The standard InChI is InChI=1S/CH4NO5P.Na/c2-1(3)7-8(4,5)6;/h(H2,2,3)(H2,4,5,6);. The molecule has 0 fully saturated rings. The molecule has 0 saturated heterocycles. The monoisotopic (exact) mass is 164 g/mol. The fourth-order valence-electron chi connectivity index (χ4n) is 0.117. The molecule has 49 valence electrons. The van der Waals surface area contributed by atoms with E-state index in [1.54, 1.807) is 0 Å². The van der Waals surface area contributed by atoms with Crippen molar-refractivity contribution in [1.82, 2.24) is 0 Å². The number of primary amides is 1. The first-order valence-electron chi connectivity index (χ1n) is 1.46. The molecule has 8 heteroatoms. The fraction of sp³-hybridized carbons (Fsp3) is 0. The van der Waals surface area contributed by atoms with E-state index < -0.39 is 13.9 Å². The van der Waals surface area contributed by atoms with Crippen LogP contribution in [0.3, 0.4) is 0 Å². The molecular weight excluding hydrogens is 160 g/mol. The first-order valence-corrected chi connectivity index (χ1v) is 2.99. The Morgan fingerprint density at radius 1 is 1.56 bits per heavy atom. The van der Waals surface area contributed by atoms with Gasteiger partial charge >= 0.3 is 13.9 Å². The first-order chi connectivity index (χ1) is 3.42. The third-order valence-electron chi connectivity index (χ3n) is 0.209. The average Bonchev–Trinajstić information content (AvgIpc) is 1.21. The normalized spacial score (nSPS) is 9.56. The molecule has 0 aromatic rings. The van der Waals surface area contributed by atoms with Crippen molar-refractivity contribution in [2.24, 2.45) is 5.73 Å². The van der Waals surface area contributed by atoms with Gasteiger partial charge in [-0.2, -0.15) is 0 Å². The number of rotatable bonds is 1. The summed E-state index contributed by atoms with van der Waals surface area (Å²) in [6, 6.07) is 0. The molecule has 0 aliphatic heterocycles. The molecule has 0 aromatic heterocycles. The Hall–Kier alpha value is 0.420. The minimum absolute atomic E-state index is 0. The van der Waals surface area contributed by atoms with Crippen LogP contribution in [0.1, 0.15) is 0 Å². The number of carbonyl (C=O) groups excluding carboxylic acids is 1. The topological polar surface area (TPSA) is 110 Å². The molecule has 0 aliphatic carbocycles. The van der Waals surface area contributed by atoms with Gasteiger partial charge in [-0.25, -0.2) is 9.36 Å². The van der Waals surface area contributed by atoms with Crippen molar-refractivity contribution >= 4 is 43.5 Å². The number of phosphoric acid groups is 1. The summed E-state index contributed by atoms with van der Waals surface area (Å²) >= 11 is 0. The Morgan fingerprint density at radius 2 is 1.89 bits per heavy atom. The fourth-order valence-corrected chi connectivity index (χ4v) is 0.352. The number of carbonyl (C=O) groups is 1. The van der Waals surface area contributed by atoms with Crippen molar-refractivity contribution in [1.29, 1.82) is 0 Å². The van der Waals surface area contributed by atoms with Gasteiger partial charge in [0.2, 0.25) is 0 Å². The van der Waals surface area contributed by atoms with Gasteiger partial charge in [-0.3, -0.25) is 9.79 Å². The second-order valence-corrected chi connectivity index (χ2v) is 2.06. The summed E-state index contributed by atoms with van der Waals surface area (Å²) in [6.07, 6.45) is -1.49. The molecule has 6 nitrogen and oxygen atoms in total. The molecule has 0 unspecified atom stereocenters. The van der Waals surface area contributed by atoms with Gasteiger partial charge in [-0.15, -0.1) is 0 Å². The molecule has 1 radical (unpaired) electrons. The molecule has 1 amide bonds. The van der Waals surface area contributed by atoms with Gasteiger partial charge in [-0.1, -0.05) is 0 Å². The molecule has 0 bridgehead atoms. The molecule has 0 atom stereocenters. The average molecular weight is 164 g/mol. The van der Waals surface area contributed by atoms with E-state index in [1.165, 1.54) is 0 Å². The van der Waals surface area contributed by atoms with Gasteiger partial charge in [0.1, 0.15) is 0 Å². The number of hydrogen-bond acceptors (Lipinski definition) is 3. The third-order valence-corrected chi connectivity index (χ3v) is 0.627. The summed E-state index contributed by atoms with van der Waals surface area (Å²) in [5.74, 6) is 0. The van der Waals surface area contributed by atoms with E-state index in [9.17, 15) is 9.36 Å². The van der Waals surface area contributed by atoms with E-state index in [2.05, 4.69) is 10.3 Å². The Labute approximate surface area is 72.9 Å². The van der Waals surface area contributed by atoms with Crippen molar-refractivity contribution in [3.05, 3.63) is 0 Å². The van der Waals surface area contributed by atoms with Crippen LogP contribution in [-0.4, -0.2) is 45.4 Å². The van der Waals surface area contributed by atoms with Crippen LogP contribution in [0.5, 0.6) is 0 Å². The number of nitrogens with two attached hydrogens (primary N) is 1. The maximum absolute atomic E-state index is 9.61. The van der Waals surface area contributed by atoms with Crippen molar-refractivity contribution in [2.75, 3.05) is 0 Å². The summed E-state index contributed by atoms with van der Waals surface area (Å²) in [4.78, 5) is 25.1. The Bertz CT molecular complexity index is 140. The van der Waals surface area contributed by atoms with Crippen LogP contribution < -0.4 is 5.73 Å². The Balaban J connectivity index is 0. The van der Waals surface area contributed by atoms with Crippen molar-refractivity contribution in [3.63, 3.8) is 0 Å². The van der Waals surface area contributed by atoms with E-state index in [-0.39, 0.29) is 29.6 Å². The van der Waals surface area contributed by atoms with Gasteiger partial charge in [0, 0.05) is 29.6 Å². The van der Waals surface area contributed by atoms with E-state index >= 15 is 0 Å². The predicted octanol–water partition coefficient (Wildman–Crippen LogP) is -1.21. The molecular formula is CH4NNaO5P. The molecule has 9 heavy (non-hydrogen) atoms. The zero-order valence-corrected chi connectivity index (χ0v) is 7.54. The predicted molar refractivity (Wildman–Crippen MR) is 28.5 cm³/mol. The molecule has 0 spiro atoms. The molecule has 0 aromatic carbocycles. The maximum Gasteiger partial charge on any atom is 0.528 e. The van der Waals surface area contributed by atoms with Gasteiger partial charge in [0.05, 0.1) is 0 Å². The molecule has 0 aliphatic rings. The molecule has 0 heterocycles. The number of phosphoric ester groups is 1. The second kappa shape index (κ2) is 4.27. The van der Waals surface area contributed by atoms with Crippen LogP contribution >= 0.6 is 7.82 Å². The summed E-state index contributed by atoms with van der Waals surface area (Å²) in [5.41, 5.74) is 4.23. The minimum Gasteiger partial charge on any atom is -0.354 e. The largest absolute Gasteiger partial charge is 0.528 e. The van der Waals surface area contributed by atoms with E-state index in [0.29, 0.717) is 0 Å². The van der Waals surface area contributed by atoms with Gasteiger partial charge in [0.25, 0.3) is 0 Å². The van der Waals surface area contributed by atoms with E-state index in [1.807, 2.05) is 0 Å². The van der Waals surface area contributed by atoms with Crippen LogP contribution in [0.25, 0.3) is 0 Å². The molecule has 0 saturated carbocycles. The van der Waals surface area contributed by atoms with Crippen molar-refractivity contribution < 1.29 is 23.7 Å². The smallest absolute Gasteiger partial charge is 0.354 e. The van der Waals surface area contributed by atoms with Crippen LogP contribution in [-0.2, 0) is 9.09 Å². The maximum atomic E-state index is 9.61. The summed E-state index contributed by atoms with van der Waals surface area (Å²) < 4.78 is 12.9. The van der Waals surface area contributed by atoms with Crippen molar-refractivity contribution in [2.45, 2.75) is 0 Å². The minimum atomic E-state index is -4.70. The SMILES string of the molecule is NC(=O)OP(=O)(O)O.[Na]. The number of amides is 1. The zero-order chi connectivity index (χ0) is 6.78. The summed E-state index contributed by atoms with van der Waals surface area (Å²) in [5, 5.41) is 0. The van der Waals surface area contributed by atoms with E-state index in [4.69, 9.17) is 9.79 Å². The molecule has 4 N–H and O–H groups in total. The third kappa shape index (κ3) is 11.8. The van der Waals surface area contributed by atoms with Gasteiger partial charge < -0.3 is 10.3 Å². The van der Waals surface area contributed by atoms with Crippen molar-refractivity contribution in [3.8, 4) is 0 Å². The quantitative estimate of drug-likeness (QED) is 0.332. The summed E-state index contributed by atoms with van der Waals surface area (Å²) in [7, 11) is -4.70. The van der Waals surface area contributed by atoms with Crippen LogP contribution in [0.2, 0.25) is 0 Å². The first kappa shape index (κ1) is 12.1. The summed E-state index contributed by atoms with van der Waals surface area (Å²) in [6.45, 7) is 0. The second-order valence-electron chi connectivity index (χ2n) is 0.901. The van der Waals surface area contributed by atoms with Crippen LogP contribution in [0.15, 0.2) is 0 Å². The van der Waals surface area contributed by atoms with Gasteiger partial charge in [0.15, 0.2) is 0 Å². The Morgan fingerprint density at radius 3 is 1.89 bits per heavy atom. The zero-order valence-electron chi connectivity index (χ0n) is 4.64.